The van der Waals surface area contributed by atoms with E-state index in [0.717, 1.165) is 17.9 Å². The number of halogens is 1. The Kier molecular flexibility index (Phi) is 4.80. The molecule has 18 heavy (non-hydrogen) atoms. The molecule has 2 heteroatoms. The van der Waals surface area contributed by atoms with Crippen LogP contribution in [0.4, 0.5) is 0 Å². The van der Waals surface area contributed by atoms with Gasteiger partial charge in [-0.15, -0.1) is 0 Å². The summed E-state index contributed by atoms with van der Waals surface area (Å²) < 4.78 is 0. The summed E-state index contributed by atoms with van der Waals surface area (Å²) >= 11 is 5.91. The molecule has 2 aromatic rings. The molecule has 0 saturated heterocycles. The zero-order chi connectivity index (χ0) is 12.8. The zero-order valence-electron chi connectivity index (χ0n) is 10.4. The molecule has 0 spiro atoms. The lowest BCUT2D eigenvalue weighted by Gasteiger charge is -2.16. The average molecular weight is 260 g/mol. The van der Waals surface area contributed by atoms with E-state index in [0.29, 0.717) is 12.5 Å². The third-order valence-corrected chi connectivity index (χ3v) is 3.43. The van der Waals surface area contributed by atoms with E-state index in [1.165, 1.54) is 11.1 Å². The predicted octanol–water partition coefficient (Wildman–Crippen LogP) is 4.02. The van der Waals surface area contributed by atoms with Gasteiger partial charge in [-0.05, 0) is 48.6 Å². The van der Waals surface area contributed by atoms with Gasteiger partial charge in [0.15, 0.2) is 0 Å². The summed E-state index contributed by atoms with van der Waals surface area (Å²) in [5, 5.41) is 0.786. The van der Waals surface area contributed by atoms with Crippen molar-refractivity contribution >= 4 is 11.6 Å². The van der Waals surface area contributed by atoms with Crippen LogP contribution in [-0.2, 0) is 6.42 Å². The maximum Gasteiger partial charge on any atom is 0.0406 e. The molecule has 2 aromatic carbocycles. The second kappa shape index (κ2) is 6.58. The maximum absolute atomic E-state index is 5.91. The van der Waals surface area contributed by atoms with Gasteiger partial charge in [0.1, 0.15) is 0 Å². The van der Waals surface area contributed by atoms with Crippen molar-refractivity contribution in [1.82, 2.24) is 0 Å². The molecule has 0 amide bonds. The van der Waals surface area contributed by atoms with Crippen LogP contribution >= 0.6 is 11.6 Å². The lowest BCUT2D eigenvalue weighted by molar-refractivity contribution is 0.630. The fourth-order valence-corrected chi connectivity index (χ4v) is 2.34. The van der Waals surface area contributed by atoms with Gasteiger partial charge in [0.2, 0.25) is 0 Å². The van der Waals surface area contributed by atoms with Crippen LogP contribution in [0.5, 0.6) is 0 Å². The Labute approximate surface area is 114 Å². The van der Waals surface area contributed by atoms with E-state index in [2.05, 4.69) is 36.4 Å². The molecule has 0 aliphatic heterocycles. The minimum absolute atomic E-state index is 0.484. The average Bonchev–Trinajstić information content (AvgIpc) is 2.42. The topological polar surface area (TPSA) is 26.0 Å². The number of rotatable bonds is 5. The third kappa shape index (κ3) is 3.59. The number of benzene rings is 2. The Hall–Kier alpha value is -1.31. The molecule has 0 bridgehead atoms. The minimum atomic E-state index is 0.484. The molecule has 2 N–H and O–H groups in total. The molecule has 1 nitrogen and oxygen atoms in total. The van der Waals surface area contributed by atoms with Gasteiger partial charge in [0.25, 0.3) is 0 Å². The van der Waals surface area contributed by atoms with E-state index in [9.17, 15) is 0 Å². The van der Waals surface area contributed by atoms with Crippen LogP contribution in [0, 0.1) is 0 Å². The molecule has 0 aromatic heterocycles. The second-order valence-electron chi connectivity index (χ2n) is 4.52. The summed E-state index contributed by atoms with van der Waals surface area (Å²) in [6.45, 7) is 0.715. The predicted molar refractivity (Wildman–Crippen MR) is 78.0 cm³/mol. The van der Waals surface area contributed by atoms with E-state index in [1.807, 2.05) is 18.2 Å². The van der Waals surface area contributed by atoms with E-state index in [1.54, 1.807) is 0 Å². The number of hydrogen-bond acceptors (Lipinski definition) is 1. The second-order valence-corrected chi connectivity index (χ2v) is 4.95. The first-order valence-corrected chi connectivity index (χ1v) is 6.67. The Morgan fingerprint density at radius 3 is 2.22 bits per heavy atom. The molecule has 0 fully saturated rings. The van der Waals surface area contributed by atoms with Crippen molar-refractivity contribution in [3.05, 3.63) is 70.7 Å². The first kappa shape index (κ1) is 13.1. The Morgan fingerprint density at radius 2 is 1.61 bits per heavy atom. The highest BCUT2D eigenvalue weighted by molar-refractivity contribution is 6.30. The van der Waals surface area contributed by atoms with E-state index >= 15 is 0 Å². The quantitative estimate of drug-likeness (QED) is 0.863. The highest BCUT2D eigenvalue weighted by Crippen LogP contribution is 2.24. The Bertz CT molecular complexity index is 464. The molecule has 2 rings (SSSR count). The molecule has 1 atom stereocenters. The lowest BCUT2D eigenvalue weighted by Crippen LogP contribution is -2.10. The number of nitrogens with two attached hydrogens (primary N) is 1. The molecular formula is C16H18ClN. The van der Waals surface area contributed by atoms with Gasteiger partial charge < -0.3 is 5.73 Å². The molecule has 0 aliphatic rings. The molecule has 0 saturated carbocycles. The normalized spacial score (nSPS) is 12.3. The first-order valence-electron chi connectivity index (χ1n) is 6.29. The van der Waals surface area contributed by atoms with Gasteiger partial charge in [0.05, 0.1) is 0 Å². The van der Waals surface area contributed by atoms with Gasteiger partial charge in [-0.25, -0.2) is 0 Å². The number of hydrogen-bond donors (Lipinski definition) is 1. The molecule has 0 radical (unpaired) electrons. The van der Waals surface area contributed by atoms with Gasteiger partial charge >= 0.3 is 0 Å². The smallest absolute Gasteiger partial charge is 0.0406 e. The Balaban J connectivity index is 2.14. The summed E-state index contributed by atoms with van der Waals surface area (Å²) in [6, 6.07) is 18.6. The fourth-order valence-electron chi connectivity index (χ4n) is 2.22. The van der Waals surface area contributed by atoms with E-state index in [4.69, 9.17) is 17.3 Å². The van der Waals surface area contributed by atoms with Crippen molar-refractivity contribution in [1.29, 1.82) is 0 Å². The zero-order valence-corrected chi connectivity index (χ0v) is 11.1. The highest BCUT2D eigenvalue weighted by Gasteiger charge is 2.11. The molecule has 0 aliphatic carbocycles. The standard InChI is InChI=1S/C16H18ClN/c17-16-8-6-13(7-9-16)12-15(10-11-18)14-4-2-1-3-5-14/h1-9,15H,10-12,18H2. The van der Waals surface area contributed by atoms with Crippen LogP contribution in [-0.4, -0.2) is 6.54 Å². The van der Waals surface area contributed by atoms with Gasteiger partial charge in [-0.1, -0.05) is 54.1 Å². The van der Waals surface area contributed by atoms with Crippen LogP contribution in [0.15, 0.2) is 54.6 Å². The van der Waals surface area contributed by atoms with Crippen molar-refractivity contribution in [3.63, 3.8) is 0 Å². The Morgan fingerprint density at radius 1 is 0.944 bits per heavy atom. The van der Waals surface area contributed by atoms with Gasteiger partial charge in [0, 0.05) is 5.02 Å². The monoisotopic (exact) mass is 259 g/mol. The SMILES string of the molecule is NCCC(Cc1ccc(Cl)cc1)c1ccccc1. The van der Waals surface area contributed by atoms with Crippen LogP contribution in [0.3, 0.4) is 0 Å². The molecule has 1 unspecified atom stereocenters. The van der Waals surface area contributed by atoms with Crippen molar-refractivity contribution in [2.45, 2.75) is 18.8 Å². The maximum atomic E-state index is 5.91. The summed E-state index contributed by atoms with van der Waals surface area (Å²) in [5.41, 5.74) is 8.39. The molecule has 0 heterocycles. The summed E-state index contributed by atoms with van der Waals surface area (Å²) in [6.07, 6.45) is 2.02. The summed E-state index contributed by atoms with van der Waals surface area (Å²) in [4.78, 5) is 0. The van der Waals surface area contributed by atoms with Crippen LogP contribution in [0.1, 0.15) is 23.5 Å². The van der Waals surface area contributed by atoms with Gasteiger partial charge in [-0.2, -0.15) is 0 Å². The fraction of sp³-hybridized carbons (Fsp3) is 0.250. The molecule has 94 valence electrons. The van der Waals surface area contributed by atoms with Crippen molar-refractivity contribution in [3.8, 4) is 0 Å². The van der Waals surface area contributed by atoms with E-state index < -0.39 is 0 Å². The van der Waals surface area contributed by atoms with Crippen molar-refractivity contribution < 1.29 is 0 Å². The largest absolute Gasteiger partial charge is 0.330 e. The van der Waals surface area contributed by atoms with Crippen molar-refractivity contribution in [2.75, 3.05) is 6.54 Å². The van der Waals surface area contributed by atoms with Crippen molar-refractivity contribution in [2.24, 2.45) is 5.73 Å². The van der Waals surface area contributed by atoms with Crippen LogP contribution in [0.2, 0.25) is 5.02 Å². The van der Waals surface area contributed by atoms with Crippen LogP contribution in [0.25, 0.3) is 0 Å². The third-order valence-electron chi connectivity index (χ3n) is 3.18. The lowest BCUT2D eigenvalue weighted by atomic mass is 9.89. The highest BCUT2D eigenvalue weighted by atomic mass is 35.5. The molecular weight excluding hydrogens is 242 g/mol. The first-order chi connectivity index (χ1) is 8.79. The summed E-state index contributed by atoms with van der Waals surface area (Å²) in [5.74, 6) is 0.484. The summed E-state index contributed by atoms with van der Waals surface area (Å²) in [7, 11) is 0. The van der Waals surface area contributed by atoms with Crippen LogP contribution < -0.4 is 5.73 Å². The van der Waals surface area contributed by atoms with Gasteiger partial charge in [-0.3, -0.25) is 0 Å². The minimum Gasteiger partial charge on any atom is -0.330 e. The van der Waals surface area contributed by atoms with E-state index in [-0.39, 0.29) is 0 Å².